The van der Waals surface area contributed by atoms with Crippen LogP contribution in [0.5, 0.6) is 0 Å². The van der Waals surface area contributed by atoms with E-state index in [-0.39, 0.29) is 29.6 Å². The first-order valence-electron chi connectivity index (χ1n) is 8.19. The summed E-state index contributed by atoms with van der Waals surface area (Å²) in [6.07, 6.45) is 1.57. The van der Waals surface area contributed by atoms with Gasteiger partial charge in [-0.15, -0.1) is 0 Å². The molecule has 1 atom stereocenters. The summed E-state index contributed by atoms with van der Waals surface area (Å²) in [4.78, 5) is 34.9. The lowest BCUT2D eigenvalue weighted by Gasteiger charge is -2.23. The number of hydrogen-bond acceptors (Lipinski definition) is 7. The summed E-state index contributed by atoms with van der Waals surface area (Å²) >= 11 is 1.04. The zero-order valence-electron chi connectivity index (χ0n) is 14.4. The molecule has 2 amide bonds. The number of nitrogens with one attached hydrogen (secondary N) is 2. The minimum atomic E-state index is -1.30. The predicted octanol–water partition coefficient (Wildman–Crippen LogP) is 1.35. The van der Waals surface area contributed by atoms with Gasteiger partial charge in [0.05, 0.1) is 40.6 Å². The molecular formula is C19H14N3O5S-. The molecule has 0 saturated carbocycles. The molecule has 1 aliphatic heterocycles. The van der Waals surface area contributed by atoms with Gasteiger partial charge < -0.3 is 25.0 Å². The van der Waals surface area contributed by atoms with Crippen LogP contribution in [0, 0.1) is 11.3 Å². The van der Waals surface area contributed by atoms with Crippen LogP contribution in [0.15, 0.2) is 57.7 Å². The Bertz CT molecular complexity index is 974. The third-order valence-electron chi connectivity index (χ3n) is 3.99. The molecule has 0 saturated heterocycles. The second-order valence-corrected chi connectivity index (χ2v) is 6.86. The number of benzene rings is 1. The second-order valence-electron chi connectivity index (χ2n) is 5.88. The predicted molar refractivity (Wildman–Crippen MR) is 98.7 cm³/mol. The van der Waals surface area contributed by atoms with E-state index in [0.29, 0.717) is 22.0 Å². The van der Waals surface area contributed by atoms with E-state index < -0.39 is 11.9 Å². The Morgan fingerprint density at radius 2 is 2.07 bits per heavy atom. The number of hydrogen-bond donors (Lipinski definition) is 2. The number of allylic oxidation sites excluding steroid dienone is 1. The van der Waals surface area contributed by atoms with Crippen molar-refractivity contribution in [3.63, 3.8) is 0 Å². The number of furan rings is 1. The number of anilines is 1. The topological polar surface area (TPSA) is 135 Å². The molecular weight excluding hydrogens is 382 g/mol. The zero-order valence-corrected chi connectivity index (χ0v) is 15.2. The molecule has 2 aromatic rings. The normalized spacial score (nSPS) is 16.2. The molecule has 0 aliphatic carbocycles. The number of nitriles is 1. The quantitative estimate of drug-likeness (QED) is 0.752. The lowest BCUT2D eigenvalue weighted by atomic mass is 9.92. The van der Waals surface area contributed by atoms with Crippen LogP contribution in [0.25, 0.3) is 0 Å². The van der Waals surface area contributed by atoms with Crippen molar-refractivity contribution in [1.29, 1.82) is 5.26 Å². The van der Waals surface area contributed by atoms with Gasteiger partial charge in [-0.1, -0.05) is 23.9 Å². The zero-order chi connectivity index (χ0) is 20.1. The van der Waals surface area contributed by atoms with Crippen molar-refractivity contribution >= 4 is 35.2 Å². The number of amides is 2. The van der Waals surface area contributed by atoms with Crippen LogP contribution in [0.4, 0.5) is 5.69 Å². The number of carboxylic acids is 1. The lowest BCUT2D eigenvalue weighted by Crippen LogP contribution is -2.31. The van der Waals surface area contributed by atoms with Crippen LogP contribution in [-0.4, -0.2) is 23.5 Å². The Morgan fingerprint density at radius 3 is 2.68 bits per heavy atom. The van der Waals surface area contributed by atoms with E-state index in [1.165, 1.54) is 30.5 Å². The molecule has 0 fully saturated rings. The van der Waals surface area contributed by atoms with Crippen LogP contribution in [0.1, 0.15) is 28.5 Å². The number of nitrogens with zero attached hydrogens (tertiary/aromatic N) is 1. The lowest BCUT2D eigenvalue weighted by molar-refractivity contribution is -0.255. The van der Waals surface area contributed by atoms with Gasteiger partial charge in [-0.05, 0) is 29.8 Å². The minimum Gasteiger partial charge on any atom is -0.545 e. The average molecular weight is 396 g/mol. The molecule has 0 radical (unpaired) electrons. The SMILES string of the molecule is N#CC1=C(SCC(=O)Nc2ccc(C(=O)[O-])cc2)NC(=O)C[C@@H]1c1ccco1. The van der Waals surface area contributed by atoms with Crippen molar-refractivity contribution in [2.45, 2.75) is 12.3 Å². The average Bonchev–Trinajstić information content (AvgIpc) is 3.21. The largest absolute Gasteiger partial charge is 0.545 e. The number of thioether (sulfide) groups is 1. The van der Waals surface area contributed by atoms with Crippen molar-refractivity contribution < 1.29 is 23.9 Å². The molecule has 1 aliphatic rings. The monoisotopic (exact) mass is 396 g/mol. The van der Waals surface area contributed by atoms with Crippen LogP contribution in [0.3, 0.4) is 0 Å². The maximum Gasteiger partial charge on any atom is 0.234 e. The van der Waals surface area contributed by atoms with Gasteiger partial charge in [0.25, 0.3) is 0 Å². The van der Waals surface area contributed by atoms with E-state index in [2.05, 4.69) is 16.7 Å². The first kappa shape index (κ1) is 19.3. The summed E-state index contributed by atoms with van der Waals surface area (Å²) in [5.74, 6) is -1.96. The molecule has 1 aromatic heterocycles. The summed E-state index contributed by atoms with van der Waals surface area (Å²) < 4.78 is 5.33. The van der Waals surface area contributed by atoms with Crippen molar-refractivity contribution in [3.8, 4) is 6.07 Å². The van der Waals surface area contributed by atoms with E-state index in [9.17, 15) is 24.8 Å². The van der Waals surface area contributed by atoms with Crippen molar-refractivity contribution in [1.82, 2.24) is 5.32 Å². The summed E-state index contributed by atoms with van der Waals surface area (Å²) in [5, 5.41) is 25.8. The highest BCUT2D eigenvalue weighted by Gasteiger charge is 2.31. The fourth-order valence-corrected chi connectivity index (χ4v) is 3.57. The van der Waals surface area contributed by atoms with Gasteiger partial charge in [0, 0.05) is 12.1 Å². The Kier molecular flexibility index (Phi) is 5.81. The van der Waals surface area contributed by atoms with E-state index in [1.807, 2.05) is 0 Å². The summed E-state index contributed by atoms with van der Waals surface area (Å²) in [5.41, 5.74) is 0.766. The van der Waals surface area contributed by atoms with Crippen LogP contribution in [-0.2, 0) is 9.59 Å². The molecule has 0 bridgehead atoms. The molecule has 2 heterocycles. The minimum absolute atomic E-state index is 0.00470. The third-order valence-corrected chi connectivity index (χ3v) is 5.01. The highest BCUT2D eigenvalue weighted by molar-refractivity contribution is 8.03. The van der Waals surface area contributed by atoms with Crippen LogP contribution in [0.2, 0.25) is 0 Å². The Balaban J connectivity index is 1.67. The van der Waals surface area contributed by atoms with Crippen molar-refractivity contribution in [3.05, 3.63) is 64.6 Å². The van der Waals surface area contributed by atoms with E-state index in [4.69, 9.17) is 4.42 Å². The van der Waals surface area contributed by atoms with E-state index in [1.54, 1.807) is 12.1 Å². The molecule has 3 rings (SSSR count). The molecule has 0 unspecified atom stereocenters. The molecule has 9 heteroatoms. The molecule has 0 spiro atoms. The highest BCUT2D eigenvalue weighted by Crippen LogP contribution is 2.36. The number of carbonyl (C=O) groups is 3. The Labute approximate surface area is 164 Å². The standard InChI is InChI=1S/C19H15N3O5S/c20-9-14-13(15-2-1-7-27-15)8-16(23)22-18(14)28-10-17(24)21-12-5-3-11(4-6-12)19(25)26/h1-7,13H,8,10H2,(H,21,24)(H,22,23)(H,25,26)/p-1/t13-/m0/s1. The molecule has 142 valence electrons. The van der Waals surface area contributed by atoms with Crippen LogP contribution < -0.4 is 15.7 Å². The van der Waals surface area contributed by atoms with Gasteiger partial charge in [-0.25, -0.2) is 0 Å². The summed E-state index contributed by atoms with van der Waals surface area (Å²) in [6, 6.07) is 11.0. The Hall–Kier alpha value is -3.51. The summed E-state index contributed by atoms with van der Waals surface area (Å²) in [6.45, 7) is 0. The number of rotatable bonds is 6. The maximum atomic E-state index is 12.2. The molecule has 8 nitrogen and oxygen atoms in total. The summed E-state index contributed by atoms with van der Waals surface area (Å²) in [7, 11) is 0. The van der Waals surface area contributed by atoms with E-state index >= 15 is 0 Å². The van der Waals surface area contributed by atoms with Gasteiger partial charge >= 0.3 is 0 Å². The molecule has 28 heavy (non-hydrogen) atoms. The smallest absolute Gasteiger partial charge is 0.234 e. The Morgan fingerprint density at radius 1 is 1.32 bits per heavy atom. The second kappa shape index (κ2) is 8.45. The fraction of sp³-hybridized carbons (Fsp3) is 0.158. The first-order valence-corrected chi connectivity index (χ1v) is 9.18. The number of carbonyl (C=O) groups excluding carboxylic acids is 3. The van der Waals surface area contributed by atoms with Crippen molar-refractivity contribution in [2.75, 3.05) is 11.1 Å². The highest BCUT2D eigenvalue weighted by atomic mass is 32.2. The van der Waals surface area contributed by atoms with E-state index in [0.717, 1.165) is 11.8 Å². The van der Waals surface area contributed by atoms with Crippen molar-refractivity contribution in [2.24, 2.45) is 0 Å². The first-order chi connectivity index (χ1) is 13.5. The van der Waals surface area contributed by atoms with Gasteiger partial charge in [0.2, 0.25) is 11.8 Å². The molecule has 2 N–H and O–H groups in total. The number of aromatic carboxylic acids is 1. The van der Waals surface area contributed by atoms with Gasteiger partial charge in [0.15, 0.2) is 0 Å². The number of carboxylic acid groups (broad SMARTS) is 1. The van der Waals surface area contributed by atoms with Gasteiger partial charge in [-0.3, -0.25) is 9.59 Å². The van der Waals surface area contributed by atoms with Crippen LogP contribution >= 0.6 is 11.8 Å². The van der Waals surface area contributed by atoms with Gasteiger partial charge in [0.1, 0.15) is 5.76 Å². The fourth-order valence-electron chi connectivity index (χ4n) is 2.69. The van der Waals surface area contributed by atoms with Gasteiger partial charge in [-0.2, -0.15) is 5.26 Å². The molecule has 1 aromatic carbocycles. The third kappa shape index (κ3) is 4.42. The maximum absolute atomic E-state index is 12.2.